The molecule has 0 aliphatic carbocycles. The van der Waals surface area contributed by atoms with Gasteiger partial charge in [0, 0.05) is 5.56 Å². The summed E-state index contributed by atoms with van der Waals surface area (Å²) in [6, 6.07) is 8.85. The van der Waals surface area contributed by atoms with Crippen molar-refractivity contribution in [2.75, 3.05) is 0 Å². The average molecular weight is 244 g/mol. The van der Waals surface area contributed by atoms with Crippen molar-refractivity contribution in [1.29, 1.82) is 5.26 Å². The minimum Gasteiger partial charge on any atom is -0.274 e. The number of carbonyl (C=O) groups is 1. The van der Waals surface area contributed by atoms with Crippen LogP contribution >= 0.6 is 11.6 Å². The molecular formula is C12H6ClN3O. The second-order valence-electron chi connectivity index (χ2n) is 3.25. The van der Waals surface area contributed by atoms with E-state index in [9.17, 15) is 4.79 Å². The number of halogens is 1. The van der Waals surface area contributed by atoms with Gasteiger partial charge in [-0.05, 0) is 23.7 Å². The summed E-state index contributed by atoms with van der Waals surface area (Å²) in [4.78, 5) is 18.9. The molecule has 17 heavy (non-hydrogen) atoms. The van der Waals surface area contributed by atoms with Gasteiger partial charge in [0.05, 0.1) is 29.7 Å². The number of rotatable bonds is 2. The van der Waals surface area contributed by atoms with Crippen molar-refractivity contribution in [2.45, 2.75) is 0 Å². The predicted octanol–water partition coefficient (Wildman–Crippen LogP) is 2.39. The summed E-state index contributed by atoms with van der Waals surface area (Å²) in [5, 5.41) is 8.03. The highest BCUT2D eigenvalue weighted by atomic mass is 35.5. The smallest absolute Gasteiger partial charge is 0.272 e. The van der Waals surface area contributed by atoms with Crippen molar-refractivity contribution >= 4 is 16.8 Å². The second kappa shape index (κ2) is 4.73. The van der Waals surface area contributed by atoms with E-state index in [1.54, 1.807) is 24.3 Å². The summed E-state index contributed by atoms with van der Waals surface area (Å²) in [7, 11) is 0. The van der Waals surface area contributed by atoms with Crippen molar-refractivity contribution in [3.63, 3.8) is 0 Å². The molecule has 1 aromatic heterocycles. The molecule has 0 spiro atoms. The molecule has 82 valence electrons. The number of nitrogens with zero attached hydrogens (tertiary/aromatic N) is 3. The summed E-state index contributed by atoms with van der Waals surface area (Å²) in [6.45, 7) is 0. The molecule has 0 bridgehead atoms. The Morgan fingerprint density at radius 1 is 1.24 bits per heavy atom. The third-order valence-electron chi connectivity index (χ3n) is 2.15. The van der Waals surface area contributed by atoms with Crippen LogP contribution in [0.3, 0.4) is 0 Å². The zero-order valence-corrected chi connectivity index (χ0v) is 9.35. The van der Waals surface area contributed by atoms with Crippen LogP contribution in [0.2, 0.25) is 0 Å². The van der Waals surface area contributed by atoms with Crippen LogP contribution < -0.4 is 0 Å². The molecule has 0 saturated carbocycles. The number of hydrogen-bond acceptors (Lipinski definition) is 4. The van der Waals surface area contributed by atoms with Crippen LogP contribution in [0, 0.1) is 11.3 Å². The lowest BCUT2D eigenvalue weighted by molar-refractivity contribution is 0.107. The highest BCUT2D eigenvalue weighted by molar-refractivity contribution is 6.67. The zero-order valence-electron chi connectivity index (χ0n) is 8.59. The fourth-order valence-electron chi connectivity index (χ4n) is 1.32. The van der Waals surface area contributed by atoms with E-state index in [1.807, 2.05) is 6.07 Å². The Bertz CT molecular complexity index is 602. The van der Waals surface area contributed by atoms with Gasteiger partial charge in [-0.15, -0.1) is 0 Å². The van der Waals surface area contributed by atoms with Crippen LogP contribution in [0.4, 0.5) is 0 Å². The van der Waals surface area contributed by atoms with Gasteiger partial charge in [0.25, 0.3) is 5.24 Å². The maximum atomic E-state index is 10.9. The summed E-state index contributed by atoms with van der Waals surface area (Å²) < 4.78 is 0. The molecule has 0 fully saturated rings. The molecule has 0 N–H and O–H groups in total. The maximum absolute atomic E-state index is 10.9. The van der Waals surface area contributed by atoms with Crippen LogP contribution in [-0.4, -0.2) is 15.2 Å². The average Bonchev–Trinajstić information content (AvgIpc) is 2.39. The summed E-state index contributed by atoms with van der Waals surface area (Å²) in [5.41, 5.74) is 1.98. The van der Waals surface area contributed by atoms with E-state index in [0.717, 1.165) is 5.56 Å². The van der Waals surface area contributed by atoms with Gasteiger partial charge in [0.1, 0.15) is 5.69 Å². The second-order valence-corrected chi connectivity index (χ2v) is 3.60. The van der Waals surface area contributed by atoms with Gasteiger partial charge in [-0.3, -0.25) is 9.78 Å². The van der Waals surface area contributed by atoms with Crippen molar-refractivity contribution < 1.29 is 4.79 Å². The molecule has 0 aliphatic heterocycles. The Morgan fingerprint density at radius 2 is 1.94 bits per heavy atom. The largest absolute Gasteiger partial charge is 0.274 e. The van der Waals surface area contributed by atoms with E-state index < -0.39 is 5.24 Å². The van der Waals surface area contributed by atoms with Gasteiger partial charge in [0.15, 0.2) is 0 Å². The molecule has 1 aromatic carbocycles. The SMILES string of the molecule is N#Cc1ccc(-c2cncc(C(=O)Cl)n2)cc1. The van der Waals surface area contributed by atoms with Gasteiger partial charge >= 0.3 is 0 Å². The number of aromatic nitrogens is 2. The third-order valence-corrected chi connectivity index (χ3v) is 2.34. The molecule has 4 nitrogen and oxygen atoms in total. The Morgan fingerprint density at radius 3 is 2.53 bits per heavy atom. The fourth-order valence-corrected chi connectivity index (χ4v) is 1.41. The first-order valence-electron chi connectivity index (χ1n) is 4.73. The molecule has 0 aliphatic rings. The van der Waals surface area contributed by atoms with Crippen LogP contribution in [0.1, 0.15) is 16.1 Å². The minimum atomic E-state index is -0.645. The number of nitriles is 1. The normalized spacial score (nSPS) is 9.65. The molecule has 2 rings (SSSR count). The molecule has 2 aromatic rings. The number of carbonyl (C=O) groups excluding carboxylic acids is 1. The van der Waals surface area contributed by atoms with Gasteiger partial charge < -0.3 is 0 Å². The van der Waals surface area contributed by atoms with E-state index >= 15 is 0 Å². The summed E-state index contributed by atoms with van der Waals surface area (Å²) in [6.07, 6.45) is 2.84. The molecule has 0 amide bonds. The lowest BCUT2D eigenvalue weighted by atomic mass is 10.1. The lowest BCUT2D eigenvalue weighted by Crippen LogP contribution is -1.97. The van der Waals surface area contributed by atoms with Crippen LogP contribution in [-0.2, 0) is 0 Å². The van der Waals surface area contributed by atoms with Crippen molar-refractivity contribution in [2.24, 2.45) is 0 Å². The van der Waals surface area contributed by atoms with Crippen molar-refractivity contribution in [3.8, 4) is 17.3 Å². The van der Waals surface area contributed by atoms with E-state index in [-0.39, 0.29) is 5.69 Å². The fraction of sp³-hybridized carbons (Fsp3) is 0. The number of hydrogen-bond donors (Lipinski definition) is 0. The van der Waals surface area contributed by atoms with Crippen LogP contribution in [0.25, 0.3) is 11.3 Å². The molecule has 5 heteroatoms. The van der Waals surface area contributed by atoms with Crippen LogP contribution in [0.15, 0.2) is 36.7 Å². The van der Waals surface area contributed by atoms with Gasteiger partial charge in [0.2, 0.25) is 0 Å². The lowest BCUT2D eigenvalue weighted by Gasteiger charge is -2.01. The van der Waals surface area contributed by atoms with Gasteiger partial charge in [-0.1, -0.05) is 12.1 Å². The molecular weight excluding hydrogens is 238 g/mol. The van der Waals surface area contributed by atoms with Crippen LogP contribution in [0.5, 0.6) is 0 Å². The Balaban J connectivity index is 2.42. The van der Waals surface area contributed by atoms with Crippen molar-refractivity contribution in [3.05, 3.63) is 47.9 Å². The van der Waals surface area contributed by atoms with Gasteiger partial charge in [-0.25, -0.2) is 4.98 Å². The first-order chi connectivity index (χ1) is 8.20. The van der Waals surface area contributed by atoms with Crippen molar-refractivity contribution in [1.82, 2.24) is 9.97 Å². The van der Waals surface area contributed by atoms with E-state index in [4.69, 9.17) is 16.9 Å². The first-order valence-corrected chi connectivity index (χ1v) is 5.11. The van der Waals surface area contributed by atoms with Gasteiger partial charge in [-0.2, -0.15) is 5.26 Å². The highest BCUT2D eigenvalue weighted by Gasteiger charge is 2.06. The highest BCUT2D eigenvalue weighted by Crippen LogP contribution is 2.17. The standard InChI is InChI=1S/C12H6ClN3O/c13-12(17)11-7-15-6-10(16-11)9-3-1-8(5-14)2-4-9/h1-4,6-7H. The Hall–Kier alpha value is -2.25. The van der Waals surface area contributed by atoms with E-state index in [2.05, 4.69) is 9.97 Å². The zero-order chi connectivity index (χ0) is 12.3. The maximum Gasteiger partial charge on any atom is 0.272 e. The summed E-state index contributed by atoms with van der Waals surface area (Å²) >= 11 is 5.33. The molecule has 0 saturated heterocycles. The Kier molecular flexibility index (Phi) is 3.12. The molecule has 0 atom stereocenters. The Labute approximate surface area is 103 Å². The van der Waals surface area contributed by atoms with E-state index in [0.29, 0.717) is 11.3 Å². The monoisotopic (exact) mass is 243 g/mol. The summed E-state index contributed by atoms with van der Waals surface area (Å²) in [5.74, 6) is 0. The molecule has 1 heterocycles. The molecule has 0 radical (unpaired) electrons. The predicted molar refractivity (Wildman–Crippen MR) is 62.4 cm³/mol. The number of benzene rings is 1. The topological polar surface area (TPSA) is 66.6 Å². The first kappa shape index (κ1) is 11.2. The quantitative estimate of drug-likeness (QED) is 0.760. The minimum absolute atomic E-state index is 0.105. The molecule has 0 unspecified atom stereocenters. The van der Waals surface area contributed by atoms with E-state index in [1.165, 1.54) is 12.4 Å². The third kappa shape index (κ3) is 2.47.